The quantitative estimate of drug-likeness (QED) is 0.914. The molecule has 1 aromatic carbocycles. The average Bonchev–Trinajstić information content (AvgIpc) is 2.81. The molecule has 1 unspecified atom stereocenters. The van der Waals surface area contributed by atoms with Gasteiger partial charge in [0, 0.05) is 17.2 Å². The van der Waals surface area contributed by atoms with E-state index in [4.69, 9.17) is 0 Å². The summed E-state index contributed by atoms with van der Waals surface area (Å²) in [6, 6.07) is 11.8. The van der Waals surface area contributed by atoms with Crippen molar-refractivity contribution in [2.75, 3.05) is 0 Å². The highest BCUT2D eigenvalue weighted by atomic mass is 79.9. The minimum atomic E-state index is -0.0519. The van der Waals surface area contributed by atoms with Gasteiger partial charge in [0.25, 0.3) is 5.91 Å². The van der Waals surface area contributed by atoms with E-state index in [1.165, 1.54) is 0 Å². The number of carbonyl (C=O) groups excluding carboxylic acids is 1. The van der Waals surface area contributed by atoms with Crippen LogP contribution < -0.4 is 5.32 Å². The molecular weight excluding hydrogens is 304 g/mol. The Morgan fingerprint density at radius 2 is 2.05 bits per heavy atom. The minimum Gasteiger partial charge on any atom is -0.344 e. The molecule has 2 aromatic rings. The predicted molar refractivity (Wildman–Crippen MR) is 80.1 cm³/mol. The third-order valence-corrected chi connectivity index (χ3v) is 3.52. The third kappa shape index (κ3) is 3.26. The van der Waals surface area contributed by atoms with Gasteiger partial charge in [-0.1, -0.05) is 30.3 Å². The van der Waals surface area contributed by atoms with Crippen molar-refractivity contribution >= 4 is 21.8 Å². The molecule has 1 aromatic heterocycles. The Bertz CT molecular complexity index is 563. The molecule has 0 fully saturated rings. The number of halogens is 1. The molecule has 2 rings (SSSR count). The Hall–Kier alpha value is -1.55. The SMILES string of the molecule is CCn1cc(Br)cc1C(=O)NC(C)c1ccccc1. The second-order valence-electron chi connectivity index (χ2n) is 4.44. The van der Waals surface area contributed by atoms with Gasteiger partial charge in [0.15, 0.2) is 0 Å². The van der Waals surface area contributed by atoms with Crippen LogP contribution in [-0.2, 0) is 6.54 Å². The molecule has 1 N–H and O–H groups in total. The highest BCUT2D eigenvalue weighted by Crippen LogP contribution is 2.17. The summed E-state index contributed by atoms with van der Waals surface area (Å²) in [5, 5.41) is 3.02. The maximum atomic E-state index is 12.3. The number of benzene rings is 1. The van der Waals surface area contributed by atoms with Crippen molar-refractivity contribution < 1.29 is 4.79 Å². The number of nitrogens with one attached hydrogen (secondary N) is 1. The fourth-order valence-corrected chi connectivity index (χ4v) is 2.49. The zero-order valence-electron chi connectivity index (χ0n) is 11.1. The first kappa shape index (κ1) is 13.9. The van der Waals surface area contributed by atoms with Crippen molar-refractivity contribution in [3.63, 3.8) is 0 Å². The zero-order valence-corrected chi connectivity index (χ0v) is 12.6. The first-order chi connectivity index (χ1) is 9.11. The van der Waals surface area contributed by atoms with E-state index in [0.717, 1.165) is 16.6 Å². The molecule has 1 atom stereocenters. The van der Waals surface area contributed by atoms with Gasteiger partial charge in [0.05, 0.1) is 6.04 Å². The summed E-state index contributed by atoms with van der Waals surface area (Å²) >= 11 is 3.40. The van der Waals surface area contributed by atoms with Gasteiger partial charge in [-0.05, 0) is 41.4 Å². The van der Waals surface area contributed by atoms with E-state index in [1.54, 1.807) is 0 Å². The van der Waals surface area contributed by atoms with E-state index in [1.807, 2.05) is 61.0 Å². The Morgan fingerprint density at radius 3 is 2.68 bits per heavy atom. The van der Waals surface area contributed by atoms with E-state index in [-0.39, 0.29) is 11.9 Å². The smallest absolute Gasteiger partial charge is 0.268 e. The summed E-state index contributed by atoms with van der Waals surface area (Å²) in [4.78, 5) is 12.3. The molecule has 0 bridgehead atoms. The molecule has 1 amide bonds. The number of aryl methyl sites for hydroxylation is 1. The third-order valence-electron chi connectivity index (χ3n) is 3.08. The molecule has 0 spiro atoms. The number of rotatable bonds is 4. The Balaban J connectivity index is 2.13. The monoisotopic (exact) mass is 320 g/mol. The van der Waals surface area contributed by atoms with Gasteiger partial charge < -0.3 is 9.88 Å². The second-order valence-corrected chi connectivity index (χ2v) is 5.35. The van der Waals surface area contributed by atoms with Crippen LogP contribution in [0.5, 0.6) is 0 Å². The summed E-state index contributed by atoms with van der Waals surface area (Å²) in [6.07, 6.45) is 1.92. The maximum absolute atomic E-state index is 12.3. The number of hydrogen-bond acceptors (Lipinski definition) is 1. The normalized spacial score (nSPS) is 12.2. The minimum absolute atomic E-state index is 0.00678. The van der Waals surface area contributed by atoms with Crippen LogP contribution in [0.2, 0.25) is 0 Å². The van der Waals surface area contributed by atoms with Crippen molar-refractivity contribution in [1.29, 1.82) is 0 Å². The van der Waals surface area contributed by atoms with Crippen LogP contribution in [0.3, 0.4) is 0 Å². The maximum Gasteiger partial charge on any atom is 0.268 e. The van der Waals surface area contributed by atoms with E-state index in [0.29, 0.717) is 5.69 Å². The van der Waals surface area contributed by atoms with Gasteiger partial charge >= 0.3 is 0 Å². The Morgan fingerprint density at radius 1 is 1.37 bits per heavy atom. The van der Waals surface area contributed by atoms with Crippen LogP contribution in [0.4, 0.5) is 0 Å². The van der Waals surface area contributed by atoms with E-state index < -0.39 is 0 Å². The van der Waals surface area contributed by atoms with Crippen LogP contribution in [0.15, 0.2) is 47.1 Å². The van der Waals surface area contributed by atoms with Gasteiger partial charge in [-0.2, -0.15) is 0 Å². The summed E-state index contributed by atoms with van der Waals surface area (Å²) in [5.74, 6) is -0.0519. The summed E-state index contributed by atoms with van der Waals surface area (Å²) in [7, 11) is 0. The fourth-order valence-electron chi connectivity index (χ4n) is 2.02. The average molecular weight is 321 g/mol. The first-order valence-electron chi connectivity index (χ1n) is 6.33. The number of amides is 1. The lowest BCUT2D eigenvalue weighted by Crippen LogP contribution is -2.28. The molecule has 1 heterocycles. The van der Waals surface area contributed by atoms with Gasteiger partial charge in [-0.15, -0.1) is 0 Å². The lowest BCUT2D eigenvalue weighted by atomic mass is 10.1. The van der Waals surface area contributed by atoms with Crippen LogP contribution in [-0.4, -0.2) is 10.5 Å². The van der Waals surface area contributed by atoms with Crippen molar-refractivity contribution in [3.05, 3.63) is 58.3 Å². The largest absolute Gasteiger partial charge is 0.344 e. The standard InChI is InChI=1S/C15H17BrN2O/c1-3-18-10-13(16)9-14(18)15(19)17-11(2)12-7-5-4-6-8-12/h4-11H,3H2,1-2H3,(H,17,19). The van der Waals surface area contributed by atoms with Crippen LogP contribution in [0.1, 0.15) is 35.9 Å². The van der Waals surface area contributed by atoms with Gasteiger partial charge in [-0.25, -0.2) is 0 Å². The first-order valence-corrected chi connectivity index (χ1v) is 7.12. The molecule has 100 valence electrons. The van der Waals surface area contributed by atoms with Crippen molar-refractivity contribution in [2.24, 2.45) is 0 Å². The molecular formula is C15H17BrN2O. The second kappa shape index (κ2) is 6.06. The van der Waals surface area contributed by atoms with Crippen molar-refractivity contribution in [1.82, 2.24) is 9.88 Å². The molecule has 0 aliphatic carbocycles. The zero-order chi connectivity index (χ0) is 13.8. The van der Waals surface area contributed by atoms with E-state index >= 15 is 0 Å². The highest BCUT2D eigenvalue weighted by Gasteiger charge is 2.15. The topological polar surface area (TPSA) is 34.0 Å². The molecule has 0 aliphatic rings. The summed E-state index contributed by atoms with van der Waals surface area (Å²) < 4.78 is 2.85. The van der Waals surface area contributed by atoms with Crippen LogP contribution in [0.25, 0.3) is 0 Å². The molecule has 0 saturated heterocycles. The van der Waals surface area contributed by atoms with E-state index in [2.05, 4.69) is 21.2 Å². The highest BCUT2D eigenvalue weighted by molar-refractivity contribution is 9.10. The van der Waals surface area contributed by atoms with Gasteiger partial charge in [0.1, 0.15) is 5.69 Å². The molecule has 4 heteroatoms. The van der Waals surface area contributed by atoms with Crippen LogP contribution >= 0.6 is 15.9 Å². The van der Waals surface area contributed by atoms with Gasteiger partial charge in [-0.3, -0.25) is 4.79 Å². The lowest BCUT2D eigenvalue weighted by Gasteiger charge is -2.15. The Kier molecular flexibility index (Phi) is 4.43. The fraction of sp³-hybridized carbons (Fsp3) is 0.267. The molecule has 0 radical (unpaired) electrons. The predicted octanol–water partition coefficient (Wildman–Crippen LogP) is 3.76. The molecule has 19 heavy (non-hydrogen) atoms. The number of aromatic nitrogens is 1. The molecule has 0 aliphatic heterocycles. The number of nitrogens with zero attached hydrogens (tertiary/aromatic N) is 1. The Labute approximate surface area is 121 Å². The van der Waals surface area contributed by atoms with E-state index in [9.17, 15) is 4.79 Å². The molecule has 0 saturated carbocycles. The van der Waals surface area contributed by atoms with Crippen molar-refractivity contribution in [2.45, 2.75) is 26.4 Å². The van der Waals surface area contributed by atoms with Crippen molar-refractivity contribution in [3.8, 4) is 0 Å². The summed E-state index contributed by atoms with van der Waals surface area (Å²) in [5.41, 5.74) is 1.78. The van der Waals surface area contributed by atoms with Crippen LogP contribution in [0, 0.1) is 0 Å². The number of hydrogen-bond donors (Lipinski definition) is 1. The number of carbonyl (C=O) groups is 1. The molecule has 3 nitrogen and oxygen atoms in total. The summed E-state index contributed by atoms with van der Waals surface area (Å²) in [6.45, 7) is 4.78. The van der Waals surface area contributed by atoms with Gasteiger partial charge in [0.2, 0.25) is 0 Å². The lowest BCUT2D eigenvalue weighted by molar-refractivity contribution is 0.0930.